The maximum atomic E-state index is 11.9. The van der Waals surface area contributed by atoms with Gasteiger partial charge in [-0.25, -0.2) is 9.78 Å². The number of carbonyl (C=O) groups excluding carboxylic acids is 1. The SMILES string of the molecule is CCCOC(=O)c1cncn1[C@@H](C)c1ccccc1. The highest BCUT2D eigenvalue weighted by Gasteiger charge is 2.17. The van der Waals surface area contributed by atoms with E-state index in [0.29, 0.717) is 12.3 Å². The molecule has 2 aromatic rings. The molecule has 4 nitrogen and oxygen atoms in total. The van der Waals surface area contributed by atoms with Crippen LogP contribution >= 0.6 is 0 Å². The van der Waals surface area contributed by atoms with Crippen molar-refractivity contribution < 1.29 is 9.53 Å². The van der Waals surface area contributed by atoms with Crippen LogP contribution in [0, 0.1) is 0 Å². The molecular formula is C15H18N2O2. The van der Waals surface area contributed by atoms with Crippen molar-refractivity contribution in [1.82, 2.24) is 9.55 Å². The maximum Gasteiger partial charge on any atom is 0.356 e. The van der Waals surface area contributed by atoms with Gasteiger partial charge in [0.1, 0.15) is 5.69 Å². The molecule has 4 heteroatoms. The second-order valence-electron chi connectivity index (χ2n) is 4.41. The van der Waals surface area contributed by atoms with Gasteiger partial charge < -0.3 is 9.30 Å². The first-order valence-corrected chi connectivity index (χ1v) is 6.48. The van der Waals surface area contributed by atoms with E-state index in [9.17, 15) is 4.79 Å². The molecule has 0 aliphatic carbocycles. The van der Waals surface area contributed by atoms with Gasteiger partial charge in [0.15, 0.2) is 0 Å². The Hall–Kier alpha value is -2.10. The lowest BCUT2D eigenvalue weighted by Gasteiger charge is -2.16. The average Bonchev–Trinajstić information content (AvgIpc) is 2.94. The second kappa shape index (κ2) is 6.18. The third-order valence-corrected chi connectivity index (χ3v) is 3.01. The number of nitrogens with zero attached hydrogens (tertiary/aromatic N) is 2. The number of aromatic nitrogens is 2. The highest BCUT2D eigenvalue weighted by Crippen LogP contribution is 2.19. The Bertz CT molecular complexity index is 534. The van der Waals surface area contributed by atoms with Crippen LogP contribution in [0.25, 0.3) is 0 Å². The van der Waals surface area contributed by atoms with Gasteiger partial charge in [0.2, 0.25) is 0 Å². The standard InChI is InChI=1S/C15H18N2O2/c1-3-9-19-15(18)14-10-16-11-17(14)12(2)13-7-5-4-6-8-13/h4-8,10-12H,3,9H2,1-2H3/t12-/m0/s1. The Morgan fingerprint density at radius 1 is 1.37 bits per heavy atom. The molecule has 19 heavy (non-hydrogen) atoms. The molecule has 1 aromatic heterocycles. The van der Waals surface area contributed by atoms with Crippen molar-refractivity contribution in [3.8, 4) is 0 Å². The normalized spacial score (nSPS) is 12.1. The molecule has 1 atom stereocenters. The zero-order chi connectivity index (χ0) is 13.7. The Kier molecular flexibility index (Phi) is 4.34. The van der Waals surface area contributed by atoms with Gasteiger partial charge in [-0.05, 0) is 18.9 Å². The number of carbonyl (C=O) groups is 1. The summed E-state index contributed by atoms with van der Waals surface area (Å²) in [6.45, 7) is 4.44. The van der Waals surface area contributed by atoms with Gasteiger partial charge in [0, 0.05) is 0 Å². The van der Waals surface area contributed by atoms with Crippen LogP contribution in [0.5, 0.6) is 0 Å². The molecule has 0 aliphatic rings. The number of esters is 1. The molecule has 0 spiro atoms. The van der Waals surface area contributed by atoms with E-state index < -0.39 is 0 Å². The Balaban J connectivity index is 2.22. The fourth-order valence-electron chi connectivity index (χ4n) is 1.93. The van der Waals surface area contributed by atoms with Crippen LogP contribution in [-0.2, 0) is 4.74 Å². The average molecular weight is 258 g/mol. The smallest absolute Gasteiger partial charge is 0.356 e. The van der Waals surface area contributed by atoms with Crippen LogP contribution in [0.3, 0.4) is 0 Å². The summed E-state index contributed by atoms with van der Waals surface area (Å²) >= 11 is 0. The van der Waals surface area contributed by atoms with Crippen LogP contribution in [0.15, 0.2) is 42.9 Å². The van der Waals surface area contributed by atoms with Gasteiger partial charge in [0.05, 0.1) is 25.2 Å². The van der Waals surface area contributed by atoms with E-state index in [1.165, 1.54) is 0 Å². The number of imidazole rings is 1. The zero-order valence-electron chi connectivity index (χ0n) is 11.2. The third kappa shape index (κ3) is 3.02. The van der Waals surface area contributed by atoms with Crippen LogP contribution in [0.1, 0.15) is 42.4 Å². The molecule has 0 radical (unpaired) electrons. The predicted octanol–water partition coefficient (Wildman–Crippen LogP) is 3.06. The fourth-order valence-corrected chi connectivity index (χ4v) is 1.93. The van der Waals surface area contributed by atoms with Crippen molar-refractivity contribution in [2.45, 2.75) is 26.3 Å². The van der Waals surface area contributed by atoms with Crippen molar-refractivity contribution in [2.24, 2.45) is 0 Å². The van der Waals surface area contributed by atoms with Crippen LogP contribution < -0.4 is 0 Å². The molecule has 0 saturated heterocycles. The fraction of sp³-hybridized carbons (Fsp3) is 0.333. The number of benzene rings is 1. The van der Waals surface area contributed by atoms with Crippen LogP contribution in [0.4, 0.5) is 0 Å². The quantitative estimate of drug-likeness (QED) is 0.774. The van der Waals surface area contributed by atoms with Gasteiger partial charge in [-0.1, -0.05) is 37.3 Å². The van der Waals surface area contributed by atoms with Crippen LogP contribution in [-0.4, -0.2) is 22.1 Å². The molecule has 0 aliphatic heterocycles. The largest absolute Gasteiger partial charge is 0.461 e. The van der Waals surface area contributed by atoms with E-state index in [-0.39, 0.29) is 12.0 Å². The second-order valence-corrected chi connectivity index (χ2v) is 4.41. The molecule has 0 bridgehead atoms. The molecule has 100 valence electrons. The first-order chi connectivity index (χ1) is 9.24. The highest BCUT2D eigenvalue weighted by molar-refractivity contribution is 5.87. The lowest BCUT2D eigenvalue weighted by atomic mass is 10.1. The first-order valence-electron chi connectivity index (χ1n) is 6.48. The van der Waals surface area contributed by atoms with Crippen molar-refractivity contribution in [1.29, 1.82) is 0 Å². The minimum atomic E-state index is -0.317. The summed E-state index contributed by atoms with van der Waals surface area (Å²) in [5.41, 5.74) is 1.62. The van der Waals surface area contributed by atoms with Gasteiger partial charge in [-0.3, -0.25) is 0 Å². The van der Waals surface area contributed by atoms with Crippen molar-refractivity contribution in [3.05, 3.63) is 54.1 Å². The minimum absolute atomic E-state index is 0.0490. The first kappa shape index (κ1) is 13.3. The van der Waals surface area contributed by atoms with Gasteiger partial charge in [-0.2, -0.15) is 0 Å². The lowest BCUT2D eigenvalue weighted by molar-refractivity contribution is 0.0491. The van der Waals surface area contributed by atoms with Crippen molar-refractivity contribution in [3.63, 3.8) is 0 Å². The Morgan fingerprint density at radius 3 is 2.79 bits per heavy atom. The summed E-state index contributed by atoms with van der Waals surface area (Å²) in [5, 5.41) is 0. The Morgan fingerprint density at radius 2 is 2.11 bits per heavy atom. The van der Waals surface area contributed by atoms with Crippen LogP contribution in [0.2, 0.25) is 0 Å². The lowest BCUT2D eigenvalue weighted by Crippen LogP contribution is -2.15. The zero-order valence-corrected chi connectivity index (χ0v) is 11.2. The molecule has 2 rings (SSSR count). The minimum Gasteiger partial charge on any atom is -0.461 e. The maximum absolute atomic E-state index is 11.9. The van der Waals surface area contributed by atoms with E-state index in [4.69, 9.17) is 4.74 Å². The topological polar surface area (TPSA) is 44.1 Å². The number of hydrogen-bond donors (Lipinski definition) is 0. The van der Waals surface area contributed by atoms with Gasteiger partial charge >= 0.3 is 5.97 Å². The summed E-state index contributed by atoms with van der Waals surface area (Å²) in [4.78, 5) is 16.0. The Labute approximate surface area is 113 Å². The molecule has 0 N–H and O–H groups in total. The molecule has 0 unspecified atom stereocenters. The van der Waals surface area contributed by atoms with Crippen molar-refractivity contribution in [2.75, 3.05) is 6.61 Å². The van der Waals surface area contributed by atoms with E-state index in [2.05, 4.69) is 4.98 Å². The predicted molar refractivity (Wildman–Crippen MR) is 73.1 cm³/mol. The summed E-state index contributed by atoms with van der Waals surface area (Å²) < 4.78 is 7.00. The van der Waals surface area contributed by atoms with Gasteiger partial charge in [-0.15, -0.1) is 0 Å². The third-order valence-electron chi connectivity index (χ3n) is 3.01. The van der Waals surface area contributed by atoms with E-state index in [1.807, 2.05) is 48.7 Å². The van der Waals surface area contributed by atoms with E-state index in [0.717, 1.165) is 12.0 Å². The number of ether oxygens (including phenoxy) is 1. The van der Waals surface area contributed by atoms with E-state index >= 15 is 0 Å². The molecule has 0 fully saturated rings. The summed E-state index contributed by atoms with van der Waals surface area (Å²) in [5.74, 6) is -0.317. The number of hydrogen-bond acceptors (Lipinski definition) is 3. The van der Waals surface area contributed by atoms with Gasteiger partial charge in [0.25, 0.3) is 0 Å². The molecule has 0 amide bonds. The van der Waals surface area contributed by atoms with E-state index in [1.54, 1.807) is 12.5 Å². The summed E-state index contributed by atoms with van der Waals surface area (Å²) in [7, 11) is 0. The summed E-state index contributed by atoms with van der Waals surface area (Å²) in [6, 6.07) is 10.1. The highest BCUT2D eigenvalue weighted by atomic mass is 16.5. The molecule has 1 aromatic carbocycles. The molecule has 1 heterocycles. The molecule has 0 saturated carbocycles. The summed E-state index contributed by atoms with van der Waals surface area (Å²) in [6.07, 6.45) is 4.03. The monoisotopic (exact) mass is 258 g/mol. The molecular weight excluding hydrogens is 240 g/mol. The number of rotatable bonds is 5. The van der Waals surface area contributed by atoms with Crippen molar-refractivity contribution >= 4 is 5.97 Å².